The Balaban J connectivity index is 1.86. The molecule has 19 heavy (non-hydrogen) atoms. The summed E-state index contributed by atoms with van der Waals surface area (Å²) in [5, 5.41) is 3.69. The van der Waals surface area contributed by atoms with Gasteiger partial charge in [0.25, 0.3) is 0 Å². The highest BCUT2D eigenvalue weighted by atomic mass is 15.0. The van der Waals surface area contributed by atoms with E-state index in [-0.39, 0.29) is 0 Å². The molecule has 2 aliphatic rings. The van der Waals surface area contributed by atoms with Gasteiger partial charge in [-0.1, -0.05) is 50.2 Å². The Bertz CT molecular complexity index is 642. The lowest BCUT2D eigenvalue weighted by Gasteiger charge is -2.13. The van der Waals surface area contributed by atoms with Crippen LogP contribution in [-0.2, 0) is 6.42 Å². The molecule has 0 saturated carbocycles. The van der Waals surface area contributed by atoms with Crippen LogP contribution in [0.5, 0.6) is 0 Å². The fourth-order valence-electron chi connectivity index (χ4n) is 3.64. The Hall–Kier alpha value is -1.76. The van der Waals surface area contributed by atoms with Gasteiger partial charge in [-0.2, -0.15) is 0 Å². The van der Waals surface area contributed by atoms with Crippen LogP contribution in [-0.4, -0.2) is 6.04 Å². The van der Waals surface area contributed by atoms with Gasteiger partial charge in [0.1, 0.15) is 0 Å². The molecule has 2 aromatic carbocycles. The Morgan fingerprint density at radius 3 is 2.74 bits per heavy atom. The molecule has 1 nitrogen and oxygen atoms in total. The van der Waals surface area contributed by atoms with Crippen molar-refractivity contribution < 1.29 is 0 Å². The molecule has 1 heteroatoms. The number of benzene rings is 2. The summed E-state index contributed by atoms with van der Waals surface area (Å²) in [7, 11) is 0. The van der Waals surface area contributed by atoms with Crippen LogP contribution in [0.3, 0.4) is 0 Å². The molecule has 1 aliphatic carbocycles. The molecule has 0 saturated heterocycles. The van der Waals surface area contributed by atoms with Gasteiger partial charge in [0.05, 0.1) is 0 Å². The molecule has 1 N–H and O–H groups in total. The first-order valence-corrected chi connectivity index (χ1v) is 7.22. The molecule has 96 valence electrons. The summed E-state index contributed by atoms with van der Waals surface area (Å²) in [5.41, 5.74) is 7.35. The Labute approximate surface area is 114 Å². The zero-order valence-corrected chi connectivity index (χ0v) is 11.5. The Morgan fingerprint density at radius 2 is 1.89 bits per heavy atom. The average Bonchev–Trinajstić information content (AvgIpc) is 2.92. The van der Waals surface area contributed by atoms with Crippen molar-refractivity contribution in [1.82, 2.24) is 0 Å². The minimum absolute atomic E-state index is 0.560. The van der Waals surface area contributed by atoms with Gasteiger partial charge in [-0.3, -0.25) is 0 Å². The van der Waals surface area contributed by atoms with Gasteiger partial charge < -0.3 is 5.32 Å². The van der Waals surface area contributed by atoms with Crippen molar-refractivity contribution >= 4 is 5.69 Å². The number of fused-ring (bicyclic) bond motifs is 5. The second kappa shape index (κ2) is 3.86. The van der Waals surface area contributed by atoms with E-state index in [4.69, 9.17) is 0 Å². The van der Waals surface area contributed by atoms with E-state index in [1.165, 1.54) is 22.4 Å². The third kappa shape index (κ3) is 1.54. The summed E-state index contributed by atoms with van der Waals surface area (Å²) >= 11 is 0. The maximum Gasteiger partial charge on any atom is 0.0411 e. The molecule has 0 aromatic heterocycles. The largest absolute Gasteiger partial charge is 0.381 e. The number of para-hydroxylation sites is 1. The van der Waals surface area contributed by atoms with Crippen LogP contribution < -0.4 is 5.32 Å². The average molecular weight is 249 g/mol. The van der Waals surface area contributed by atoms with Gasteiger partial charge in [-0.05, 0) is 40.7 Å². The highest BCUT2D eigenvalue weighted by Crippen LogP contribution is 2.47. The standard InChI is InChI=1S/C18H19N/c1-11(2)12-7-8-13-10-17-18(15(13)9-12)14-5-3-4-6-16(14)19-17/h3-9,11,17-19H,10H2,1-2H3/t17-,18+/m1/s1. The Kier molecular flexibility index (Phi) is 2.26. The van der Waals surface area contributed by atoms with Crippen molar-refractivity contribution in [3.63, 3.8) is 0 Å². The first-order chi connectivity index (χ1) is 9.24. The summed E-state index contributed by atoms with van der Waals surface area (Å²) in [6, 6.07) is 16.4. The van der Waals surface area contributed by atoms with Gasteiger partial charge >= 0.3 is 0 Å². The molecule has 2 atom stereocenters. The minimum atomic E-state index is 0.560. The quantitative estimate of drug-likeness (QED) is 0.795. The Morgan fingerprint density at radius 1 is 1.05 bits per heavy atom. The topological polar surface area (TPSA) is 12.0 Å². The number of hydrogen-bond acceptors (Lipinski definition) is 1. The van der Waals surface area contributed by atoms with Crippen molar-refractivity contribution in [2.45, 2.75) is 38.1 Å². The number of anilines is 1. The van der Waals surface area contributed by atoms with Crippen LogP contribution in [0.15, 0.2) is 42.5 Å². The molecule has 0 amide bonds. The molecule has 2 aromatic rings. The third-order valence-corrected chi connectivity index (χ3v) is 4.65. The van der Waals surface area contributed by atoms with Crippen LogP contribution in [0, 0.1) is 0 Å². The summed E-state index contributed by atoms with van der Waals surface area (Å²) in [6.45, 7) is 4.55. The predicted molar refractivity (Wildman–Crippen MR) is 79.9 cm³/mol. The van der Waals surface area contributed by atoms with Gasteiger partial charge in [-0.25, -0.2) is 0 Å². The van der Waals surface area contributed by atoms with Gasteiger partial charge in [0.15, 0.2) is 0 Å². The van der Waals surface area contributed by atoms with Gasteiger partial charge in [0, 0.05) is 17.6 Å². The second-order valence-electron chi connectivity index (χ2n) is 6.13. The van der Waals surface area contributed by atoms with Crippen molar-refractivity contribution in [2.75, 3.05) is 5.32 Å². The SMILES string of the molecule is CC(C)c1ccc2c(c1)[C@@H]1c3ccccc3N[C@@H]1C2. The summed E-state index contributed by atoms with van der Waals surface area (Å²) in [4.78, 5) is 0. The van der Waals surface area contributed by atoms with E-state index in [2.05, 4.69) is 61.6 Å². The molecule has 0 spiro atoms. The van der Waals surface area contributed by atoms with Gasteiger partial charge in [-0.15, -0.1) is 0 Å². The number of nitrogens with one attached hydrogen (secondary N) is 1. The molecule has 0 unspecified atom stereocenters. The van der Waals surface area contributed by atoms with E-state index in [9.17, 15) is 0 Å². The first-order valence-electron chi connectivity index (χ1n) is 7.22. The van der Waals surface area contributed by atoms with E-state index in [0.717, 1.165) is 6.42 Å². The van der Waals surface area contributed by atoms with Crippen molar-refractivity contribution in [3.05, 3.63) is 64.7 Å². The highest BCUT2D eigenvalue weighted by molar-refractivity contribution is 5.65. The third-order valence-electron chi connectivity index (χ3n) is 4.65. The summed E-state index contributed by atoms with van der Waals surface area (Å²) in [6.07, 6.45) is 1.16. The number of hydrogen-bond donors (Lipinski definition) is 1. The zero-order chi connectivity index (χ0) is 13.0. The van der Waals surface area contributed by atoms with E-state index in [1.807, 2.05) is 0 Å². The maximum absolute atomic E-state index is 3.69. The lowest BCUT2D eigenvalue weighted by atomic mass is 9.90. The highest BCUT2D eigenvalue weighted by Gasteiger charge is 2.39. The van der Waals surface area contributed by atoms with Crippen molar-refractivity contribution in [1.29, 1.82) is 0 Å². The monoisotopic (exact) mass is 249 g/mol. The van der Waals surface area contributed by atoms with Crippen molar-refractivity contribution in [3.8, 4) is 0 Å². The zero-order valence-electron chi connectivity index (χ0n) is 11.5. The molecule has 4 rings (SSSR count). The molecule has 1 heterocycles. The molecule has 0 radical (unpaired) electrons. The van der Waals surface area contributed by atoms with E-state index < -0.39 is 0 Å². The van der Waals surface area contributed by atoms with Crippen molar-refractivity contribution in [2.24, 2.45) is 0 Å². The minimum Gasteiger partial charge on any atom is -0.381 e. The second-order valence-corrected chi connectivity index (χ2v) is 6.13. The van der Waals surface area contributed by atoms with Crippen LogP contribution >= 0.6 is 0 Å². The fourth-order valence-corrected chi connectivity index (χ4v) is 3.64. The van der Waals surface area contributed by atoms with Crippen LogP contribution in [0.2, 0.25) is 0 Å². The van der Waals surface area contributed by atoms with E-state index in [0.29, 0.717) is 17.9 Å². The maximum atomic E-state index is 3.69. The fraction of sp³-hybridized carbons (Fsp3) is 0.333. The molecule has 0 fully saturated rings. The molecular formula is C18H19N. The molecule has 0 bridgehead atoms. The lowest BCUT2D eigenvalue weighted by molar-refractivity contribution is 0.726. The number of rotatable bonds is 1. The van der Waals surface area contributed by atoms with E-state index >= 15 is 0 Å². The predicted octanol–water partition coefficient (Wildman–Crippen LogP) is 4.29. The normalized spacial score (nSPS) is 22.9. The summed E-state index contributed by atoms with van der Waals surface area (Å²) < 4.78 is 0. The summed E-state index contributed by atoms with van der Waals surface area (Å²) in [5.74, 6) is 1.17. The molecular weight excluding hydrogens is 230 g/mol. The molecule has 1 aliphatic heterocycles. The van der Waals surface area contributed by atoms with Crippen LogP contribution in [0.25, 0.3) is 0 Å². The first kappa shape index (κ1) is 11.1. The lowest BCUT2D eigenvalue weighted by Crippen LogP contribution is -2.17. The van der Waals surface area contributed by atoms with E-state index in [1.54, 1.807) is 5.56 Å². The smallest absolute Gasteiger partial charge is 0.0411 e. The van der Waals surface area contributed by atoms with Crippen LogP contribution in [0.1, 0.15) is 47.9 Å². The van der Waals surface area contributed by atoms with Gasteiger partial charge in [0.2, 0.25) is 0 Å². The van der Waals surface area contributed by atoms with Crippen LogP contribution in [0.4, 0.5) is 5.69 Å².